The van der Waals surface area contributed by atoms with Gasteiger partial charge in [-0.3, -0.25) is 9.36 Å². The largest absolute Gasteiger partial charge is 0.337 e. The summed E-state index contributed by atoms with van der Waals surface area (Å²) >= 11 is 0. The first-order valence-corrected chi connectivity index (χ1v) is 7.61. The van der Waals surface area contributed by atoms with Gasteiger partial charge in [0.15, 0.2) is 12.0 Å². The van der Waals surface area contributed by atoms with Crippen LogP contribution in [-0.4, -0.2) is 32.3 Å². The Morgan fingerprint density at radius 3 is 2.35 bits per heavy atom. The van der Waals surface area contributed by atoms with Crippen LogP contribution in [0.4, 0.5) is 4.39 Å². The number of rotatable bonds is 7. The van der Waals surface area contributed by atoms with Gasteiger partial charge in [-0.25, -0.2) is 4.39 Å². The van der Waals surface area contributed by atoms with Crippen LogP contribution in [-0.2, 0) is 18.4 Å². The molecule has 0 radical (unpaired) electrons. The summed E-state index contributed by atoms with van der Waals surface area (Å²) in [5.41, 5.74) is 0. The van der Waals surface area contributed by atoms with Crippen molar-refractivity contribution in [1.82, 2.24) is 0 Å². The zero-order valence-electron chi connectivity index (χ0n) is 10.4. The predicted molar refractivity (Wildman–Crippen MR) is 63.0 cm³/mol. The molecule has 0 amide bonds. The van der Waals surface area contributed by atoms with Crippen molar-refractivity contribution in [3.63, 3.8) is 0 Å². The normalized spacial score (nSPS) is 19.5. The van der Waals surface area contributed by atoms with Gasteiger partial charge in [-0.05, 0) is 12.3 Å². The van der Waals surface area contributed by atoms with Crippen LogP contribution in [0.15, 0.2) is 0 Å². The van der Waals surface area contributed by atoms with E-state index in [4.69, 9.17) is 0 Å². The van der Waals surface area contributed by atoms with Gasteiger partial charge in [0.05, 0.1) is 0 Å². The van der Waals surface area contributed by atoms with E-state index in [9.17, 15) is 13.8 Å². The van der Waals surface area contributed by atoms with Crippen molar-refractivity contribution >= 4 is 13.4 Å². The molecule has 0 saturated heterocycles. The van der Waals surface area contributed by atoms with Crippen molar-refractivity contribution < 1.29 is 22.8 Å². The summed E-state index contributed by atoms with van der Waals surface area (Å²) in [6.45, 7) is 0. The highest BCUT2D eigenvalue weighted by Crippen LogP contribution is 2.46. The van der Waals surface area contributed by atoms with Crippen LogP contribution < -0.4 is 0 Å². The highest BCUT2D eigenvalue weighted by molar-refractivity contribution is 7.54. The van der Waals surface area contributed by atoms with Crippen LogP contribution in [0.3, 0.4) is 0 Å². The number of alkyl halides is 1. The molecule has 0 aliphatic heterocycles. The molecule has 1 unspecified atom stereocenters. The average molecular weight is 266 g/mol. The minimum atomic E-state index is -3.43. The summed E-state index contributed by atoms with van der Waals surface area (Å²) in [4.78, 5) is 11.6. The van der Waals surface area contributed by atoms with Gasteiger partial charge < -0.3 is 9.05 Å². The van der Waals surface area contributed by atoms with Crippen LogP contribution in [0.25, 0.3) is 0 Å². The summed E-state index contributed by atoms with van der Waals surface area (Å²) < 4.78 is 34.6. The second kappa shape index (κ2) is 6.62. The number of carbonyl (C=O) groups is 1. The lowest BCUT2D eigenvalue weighted by atomic mass is 9.99. The molecule has 0 aromatic heterocycles. The Morgan fingerprint density at radius 2 is 1.88 bits per heavy atom. The topological polar surface area (TPSA) is 52.6 Å². The highest BCUT2D eigenvalue weighted by atomic mass is 31.2. The summed E-state index contributed by atoms with van der Waals surface area (Å²) in [6, 6.07) is 0. The maximum Gasteiger partial charge on any atom is 0.337 e. The van der Waals surface area contributed by atoms with Gasteiger partial charge in [0, 0.05) is 14.2 Å². The lowest BCUT2D eigenvalue weighted by molar-refractivity contribution is -0.122. The fourth-order valence-electron chi connectivity index (χ4n) is 2.16. The Morgan fingerprint density at radius 1 is 1.35 bits per heavy atom. The van der Waals surface area contributed by atoms with Crippen LogP contribution in [0.5, 0.6) is 0 Å². The molecule has 0 bridgehead atoms. The third-order valence-corrected chi connectivity index (χ3v) is 5.08. The highest BCUT2D eigenvalue weighted by Gasteiger charge is 2.32. The number of ketones is 1. The Labute approximate surface area is 101 Å². The molecule has 17 heavy (non-hydrogen) atoms. The van der Waals surface area contributed by atoms with E-state index in [1.54, 1.807) is 0 Å². The number of hydrogen-bond acceptors (Lipinski definition) is 4. The van der Waals surface area contributed by atoms with Gasteiger partial charge in [-0.1, -0.05) is 25.7 Å². The maximum atomic E-state index is 13.7. The standard InChI is InChI=1S/C11H20FO4P/c1-15-17(14,16-2)8-11(13)10(12)7-9-5-3-4-6-9/h9-10H,3-8H2,1-2H3. The Kier molecular flexibility index (Phi) is 5.77. The van der Waals surface area contributed by atoms with Crippen molar-refractivity contribution in [2.45, 2.75) is 38.3 Å². The molecule has 0 aromatic carbocycles. The first-order valence-electron chi connectivity index (χ1n) is 5.88. The quantitative estimate of drug-likeness (QED) is 0.665. The van der Waals surface area contributed by atoms with Crippen molar-refractivity contribution in [3.05, 3.63) is 0 Å². The number of Topliss-reactive ketones (excluding diaryl/α,β-unsaturated/α-hetero) is 1. The molecule has 1 atom stereocenters. The molecule has 1 aliphatic rings. The first-order chi connectivity index (χ1) is 8.00. The third kappa shape index (κ3) is 4.49. The van der Waals surface area contributed by atoms with E-state index in [0.717, 1.165) is 25.7 Å². The fourth-order valence-corrected chi connectivity index (χ4v) is 3.15. The van der Waals surface area contributed by atoms with Gasteiger partial charge >= 0.3 is 7.60 Å². The molecular weight excluding hydrogens is 246 g/mol. The van der Waals surface area contributed by atoms with Gasteiger partial charge in [0.2, 0.25) is 0 Å². The molecule has 0 spiro atoms. The summed E-state index contributed by atoms with van der Waals surface area (Å²) in [7, 11) is -1.03. The number of halogens is 1. The molecule has 100 valence electrons. The zero-order chi connectivity index (χ0) is 12.9. The molecule has 1 aliphatic carbocycles. The van der Waals surface area contributed by atoms with Gasteiger partial charge in [0.1, 0.15) is 6.16 Å². The molecule has 0 N–H and O–H groups in total. The van der Waals surface area contributed by atoms with E-state index in [-0.39, 0.29) is 6.42 Å². The minimum Gasteiger partial charge on any atom is -0.312 e. The third-order valence-electron chi connectivity index (χ3n) is 3.27. The molecule has 6 heteroatoms. The monoisotopic (exact) mass is 266 g/mol. The first kappa shape index (κ1) is 14.8. The molecule has 1 rings (SSSR count). The second-order valence-electron chi connectivity index (χ2n) is 4.45. The Bertz CT molecular complexity index is 294. The number of carbonyl (C=O) groups excluding carboxylic acids is 1. The van der Waals surface area contributed by atoms with E-state index < -0.39 is 25.7 Å². The minimum absolute atomic E-state index is 0.242. The molecule has 0 aromatic rings. The second-order valence-corrected chi connectivity index (χ2v) is 6.72. The van der Waals surface area contributed by atoms with Gasteiger partial charge in [-0.2, -0.15) is 0 Å². The van der Waals surface area contributed by atoms with Crippen molar-refractivity contribution in [2.75, 3.05) is 20.4 Å². The van der Waals surface area contributed by atoms with Crippen LogP contribution >= 0.6 is 7.60 Å². The van der Waals surface area contributed by atoms with Crippen molar-refractivity contribution in [1.29, 1.82) is 0 Å². The maximum absolute atomic E-state index is 13.7. The summed E-state index contributed by atoms with van der Waals surface area (Å²) in [5, 5.41) is 0. The van der Waals surface area contributed by atoms with Crippen molar-refractivity contribution in [2.24, 2.45) is 5.92 Å². The van der Waals surface area contributed by atoms with Gasteiger partial charge in [0.25, 0.3) is 0 Å². The smallest absolute Gasteiger partial charge is 0.312 e. The fraction of sp³-hybridized carbons (Fsp3) is 0.909. The molecule has 0 heterocycles. The zero-order valence-corrected chi connectivity index (χ0v) is 11.2. The van der Waals surface area contributed by atoms with Crippen LogP contribution in [0, 0.1) is 5.92 Å². The lowest BCUT2D eigenvalue weighted by Crippen LogP contribution is -2.22. The predicted octanol–water partition coefficient (Wildman–Crippen LogP) is 2.96. The van der Waals surface area contributed by atoms with E-state index in [1.807, 2.05) is 0 Å². The number of hydrogen-bond donors (Lipinski definition) is 0. The van der Waals surface area contributed by atoms with E-state index in [2.05, 4.69) is 9.05 Å². The van der Waals surface area contributed by atoms with Crippen LogP contribution in [0.1, 0.15) is 32.1 Å². The van der Waals surface area contributed by atoms with Crippen LogP contribution in [0.2, 0.25) is 0 Å². The summed E-state index contributed by atoms with van der Waals surface area (Å²) in [5.74, 6) is -0.387. The SMILES string of the molecule is COP(=O)(CC(=O)C(F)CC1CCCC1)OC. The van der Waals surface area contributed by atoms with E-state index in [1.165, 1.54) is 14.2 Å². The molecular formula is C11H20FO4P. The molecule has 1 fully saturated rings. The van der Waals surface area contributed by atoms with E-state index >= 15 is 0 Å². The molecule has 1 saturated carbocycles. The Balaban J connectivity index is 2.43. The van der Waals surface area contributed by atoms with Crippen molar-refractivity contribution in [3.8, 4) is 0 Å². The summed E-state index contributed by atoms with van der Waals surface area (Å²) in [6.07, 6.45) is 2.41. The van der Waals surface area contributed by atoms with Gasteiger partial charge in [-0.15, -0.1) is 0 Å². The lowest BCUT2D eigenvalue weighted by Gasteiger charge is -2.16. The Hall–Kier alpha value is -0.250. The van der Waals surface area contributed by atoms with E-state index in [0.29, 0.717) is 5.92 Å². The average Bonchev–Trinajstić information content (AvgIpc) is 2.81. The molecule has 4 nitrogen and oxygen atoms in total.